The molecule has 0 aliphatic carbocycles. The number of carbonyl (C=O) groups is 1. The second kappa shape index (κ2) is 6.15. The Bertz CT molecular complexity index is 753. The van der Waals surface area contributed by atoms with Crippen molar-refractivity contribution in [2.75, 3.05) is 20.0 Å². The van der Waals surface area contributed by atoms with Crippen LogP contribution in [0.2, 0.25) is 5.02 Å². The lowest BCUT2D eigenvalue weighted by Gasteiger charge is -2.13. The number of hydrogen-bond acceptors (Lipinski definition) is 5. The quantitative estimate of drug-likeness (QED) is 0.876. The van der Waals surface area contributed by atoms with Gasteiger partial charge in [-0.15, -0.1) is 0 Å². The Morgan fingerprint density at radius 2 is 2.00 bits per heavy atom. The Morgan fingerprint density at radius 3 is 2.55 bits per heavy atom. The fourth-order valence-electron chi connectivity index (χ4n) is 1.87. The minimum atomic E-state index is -1.01. The molecule has 0 bridgehead atoms. The summed E-state index contributed by atoms with van der Waals surface area (Å²) in [5.41, 5.74) is 4.15. The molecule has 1 aromatic heterocycles. The van der Waals surface area contributed by atoms with Gasteiger partial charge in [-0.25, -0.2) is 18.6 Å². The summed E-state index contributed by atoms with van der Waals surface area (Å²) < 4.78 is 37.7. The lowest BCUT2D eigenvalue weighted by Crippen LogP contribution is -2.12. The van der Waals surface area contributed by atoms with E-state index in [1.54, 1.807) is 0 Å². The largest absolute Gasteiger partial charge is 0.492 e. The van der Waals surface area contributed by atoms with E-state index < -0.39 is 29.0 Å². The molecule has 0 unspecified atom stereocenters. The van der Waals surface area contributed by atoms with Gasteiger partial charge in [0.05, 0.1) is 14.2 Å². The van der Waals surface area contributed by atoms with E-state index in [1.807, 2.05) is 0 Å². The SMILES string of the molecule is COC(=O)c1nc(-c2ccc(Cl)cc2F)c(F)c(N)c1OC. The van der Waals surface area contributed by atoms with Crippen molar-refractivity contribution < 1.29 is 23.0 Å². The van der Waals surface area contributed by atoms with E-state index in [4.69, 9.17) is 22.1 Å². The van der Waals surface area contributed by atoms with E-state index in [2.05, 4.69) is 9.72 Å². The van der Waals surface area contributed by atoms with Gasteiger partial charge in [0.1, 0.15) is 17.2 Å². The number of nitrogens with two attached hydrogens (primary N) is 1. The number of rotatable bonds is 3. The maximum absolute atomic E-state index is 14.3. The molecule has 0 saturated heterocycles. The van der Waals surface area contributed by atoms with Crippen molar-refractivity contribution in [3.63, 3.8) is 0 Å². The predicted molar refractivity (Wildman–Crippen MR) is 76.9 cm³/mol. The van der Waals surface area contributed by atoms with Gasteiger partial charge in [-0.2, -0.15) is 0 Å². The zero-order valence-corrected chi connectivity index (χ0v) is 12.4. The Balaban J connectivity index is 2.76. The molecule has 0 aliphatic rings. The van der Waals surface area contributed by atoms with Crippen LogP contribution >= 0.6 is 11.6 Å². The van der Waals surface area contributed by atoms with E-state index in [0.717, 1.165) is 13.2 Å². The monoisotopic (exact) mass is 328 g/mol. The Hall–Kier alpha value is -2.41. The summed E-state index contributed by atoms with van der Waals surface area (Å²) in [6.07, 6.45) is 0. The number of esters is 1. The first-order valence-corrected chi connectivity index (χ1v) is 6.35. The first-order valence-electron chi connectivity index (χ1n) is 5.97. The molecule has 0 atom stereocenters. The van der Waals surface area contributed by atoms with Crippen LogP contribution in [0.5, 0.6) is 5.75 Å². The van der Waals surface area contributed by atoms with Gasteiger partial charge in [0.25, 0.3) is 0 Å². The third kappa shape index (κ3) is 2.67. The fraction of sp³-hybridized carbons (Fsp3) is 0.143. The standard InChI is InChI=1S/C14H11ClF2N2O3/c1-21-13-10(18)9(17)11(19-12(13)14(20)22-2)7-4-3-6(15)5-8(7)16/h3-5H,1-2H3,(H2,18,19). The number of nitrogens with zero attached hydrogens (tertiary/aromatic N) is 1. The highest BCUT2D eigenvalue weighted by Gasteiger charge is 2.25. The summed E-state index contributed by atoms with van der Waals surface area (Å²) in [5.74, 6) is -2.98. The highest BCUT2D eigenvalue weighted by Crippen LogP contribution is 2.35. The molecule has 0 spiro atoms. The van der Waals surface area contributed by atoms with Crippen molar-refractivity contribution in [3.05, 3.63) is 40.6 Å². The highest BCUT2D eigenvalue weighted by molar-refractivity contribution is 6.30. The number of hydrogen-bond donors (Lipinski definition) is 1. The van der Waals surface area contributed by atoms with Crippen LogP contribution in [-0.4, -0.2) is 25.2 Å². The number of pyridine rings is 1. The molecule has 1 heterocycles. The summed E-state index contributed by atoms with van der Waals surface area (Å²) in [5, 5.41) is 0.135. The third-order valence-electron chi connectivity index (χ3n) is 2.90. The number of halogens is 3. The summed E-state index contributed by atoms with van der Waals surface area (Å²) >= 11 is 5.65. The number of carbonyl (C=O) groups excluding carboxylic acids is 1. The van der Waals surface area contributed by atoms with Gasteiger partial charge in [0, 0.05) is 10.6 Å². The van der Waals surface area contributed by atoms with Crippen LogP contribution in [0.3, 0.4) is 0 Å². The lowest BCUT2D eigenvalue weighted by molar-refractivity contribution is 0.0590. The van der Waals surface area contributed by atoms with Gasteiger partial charge >= 0.3 is 5.97 Å². The van der Waals surface area contributed by atoms with E-state index >= 15 is 0 Å². The number of nitrogen functional groups attached to an aromatic ring is 1. The van der Waals surface area contributed by atoms with Crippen LogP contribution in [0.1, 0.15) is 10.5 Å². The summed E-state index contributed by atoms with van der Waals surface area (Å²) in [4.78, 5) is 15.5. The molecule has 2 aromatic rings. The zero-order chi connectivity index (χ0) is 16.4. The van der Waals surface area contributed by atoms with Crippen molar-refractivity contribution in [3.8, 4) is 17.0 Å². The summed E-state index contributed by atoms with van der Waals surface area (Å²) in [7, 11) is 2.31. The van der Waals surface area contributed by atoms with E-state index in [0.29, 0.717) is 0 Å². The molecule has 0 radical (unpaired) electrons. The minimum Gasteiger partial charge on any atom is -0.492 e. The normalized spacial score (nSPS) is 10.4. The number of ether oxygens (including phenoxy) is 2. The van der Waals surface area contributed by atoms with Gasteiger partial charge in [0.2, 0.25) is 0 Å². The molecule has 2 rings (SSSR count). The van der Waals surface area contributed by atoms with E-state index in [9.17, 15) is 13.6 Å². The smallest absolute Gasteiger partial charge is 0.360 e. The first-order chi connectivity index (χ1) is 10.4. The van der Waals surface area contributed by atoms with Crippen LogP contribution in [-0.2, 0) is 4.74 Å². The Labute approximate surface area is 129 Å². The molecule has 8 heteroatoms. The minimum absolute atomic E-state index is 0.135. The second-order valence-corrected chi connectivity index (χ2v) is 4.62. The van der Waals surface area contributed by atoms with Gasteiger partial charge in [-0.3, -0.25) is 0 Å². The summed E-state index contributed by atoms with van der Waals surface area (Å²) in [6.45, 7) is 0. The predicted octanol–water partition coefficient (Wildman–Crippen LogP) is 3.06. The maximum atomic E-state index is 14.3. The average Bonchev–Trinajstić information content (AvgIpc) is 2.49. The van der Waals surface area contributed by atoms with E-state index in [-0.39, 0.29) is 22.0 Å². The maximum Gasteiger partial charge on any atom is 0.360 e. The second-order valence-electron chi connectivity index (χ2n) is 4.19. The third-order valence-corrected chi connectivity index (χ3v) is 3.13. The topological polar surface area (TPSA) is 74.4 Å². The van der Waals surface area contributed by atoms with Crippen molar-refractivity contribution >= 4 is 23.3 Å². The fourth-order valence-corrected chi connectivity index (χ4v) is 2.03. The van der Waals surface area contributed by atoms with Crippen LogP contribution in [0, 0.1) is 11.6 Å². The number of anilines is 1. The molecule has 2 N–H and O–H groups in total. The molecule has 22 heavy (non-hydrogen) atoms. The van der Waals surface area contributed by atoms with Crippen molar-refractivity contribution in [1.82, 2.24) is 4.98 Å². The van der Waals surface area contributed by atoms with Gasteiger partial charge in [-0.05, 0) is 18.2 Å². The van der Waals surface area contributed by atoms with Crippen LogP contribution in [0.25, 0.3) is 11.3 Å². The van der Waals surface area contributed by atoms with Crippen molar-refractivity contribution in [1.29, 1.82) is 0 Å². The molecule has 0 fully saturated rings. The highest BCUT2D eigenvalue weighted by atomic mass is 35.5. The Morgan fingerprint density at radius 1 is 1.32 bits per heavy atom. The molecular weight excluding hydrogens is 318 g/mol. The van der Waals surface area contributed by atoms with Crippen LogP contribution in [0.4, 0.5) is 14.5 Å². The lowest BCUT2D eigenvalue weighted by atomic mass is 10.1. The number of methoxy groups -OCH3 is 2. The number of aromatic nitrogens is 1. The average molecular weight is 329 g/mol. The van der Waals surface area contributed by atoms with Crippen LogP contribution in [0.15, 0.2) is 18.2 Å². The van der Waals surface area contributed by atoms with E-state index in [1.165, 1.54) is 19.2 Å². The molecule has 0 amide bonds. The summed E-state index contributed by atoms with van der Waals surface area (Å²) in [6, 6.07) is 3.59. The van der Waals surface area contributed by atoms with Crippen molar-refractivity contribution in [2.24, 2.45) is 0 Å². The zero-order valence-electron chi connectivity index (χ0n) is 11.6. The Kier molecular flexibility index (Phi) is 4.46. The number of benzene rings is 1. The van der Waals surface area contributed by atoms with Gasteiger partial charge < -0.3 is 15.2 Å². The van der Waals surface area contributed by atoms with Gasteiger partial charge in [0.15, 0.2) is 17.3 Å². The van der Waals surface area contributed by atoms with Crippen molar-refractivity contribution in [2.45, 2.75) is 0 Å². The first kappa shape index (κ1) is 16.0. The molecule has 0 aliphatic heterocycles. The van der Waals surface area contributed by atoms with Gasteiger partial charge in [-0.1, -0.05) is 11.6 Å². The molecule has 5 nitrogen and oxygen atoms in total. The molecule has 0 saturated carbocycles. The molecular formula is C14H11ClF2N2O3. The molecule has 1 aromatic carbocycles. The van der Waals surface area contributed by atoms with Crippen LogP contribution < -0.4 is 10.5 Å². The molecule has 116 valence electrons.